The van der Waals surface area contributed by atoms with E-state index in [2.05, 4.69) is 30.6 Å². The topological polar surface area (TPSA) is 25.8 Å². The van der Waals surface area contributed by atoms with Crippen LogP contribution in [0.25, 0.3) is 5.57 Å². The summed E-state index contributed by atoms with van der Waals surface area (Å²) >= 11 is 0. The fourth-order valence-electron chi connectivity index (χ4n) is 1.11. The van der Waals surface area contributed by atoms with Crippen molar-refractivity contribution >= 4 is 5.57 Å². The fraction of sp³-hybridized carbons (Fsp3) is 0.333. The number of allylic oxidation sites excluding steroid dienone is 3. The molecule has 0 saturated heterocycles. The second-order valence-corrected chi connectivity index (χ2v) is 3.52. The first kappa shape index (κ1) is 10.6. The zero-order chi connectivity index (χ0) is 10.6. The Morgan fingerprint density at radius 1 is 1.36 bits per heavy atom. The van der Waals surface area contributed by atoms with Crippen molar-refractivity contribution in [2.45, 2.75) is 26.7 Å². The van der Waals surface area contributed by atoms with Gasteiger partial charge in [0.15, 0.2) is 0 Å². The van der Waals surface area contributed by atoms with Gasteiger partial charge in [-0.25, -0.2) is 0 Å². The molecule has 2 heteroatoms. The molecule has 1 heterocycles. The molecule has 0 unspecified atom stereocenters. The van der Waals surface area contributed by atoms with Crippen molar-refractivity contribution in [3.8, 4) is 0 Å². The normalized spacial score (nSPS) is 11.1. The van der Waals surface area contributed by atoms with Crippen LogP contribution in [0.1, 0.15) is 38.1 Å². The molecule has 0 N–H and O–H groups in total. The highest BCUT2D eigenvalue weighted by atomic mass is 15.1. The van der Waals surface area contributed by atoms with Crippen LogP contribution < -0.4 is 0 Å². The van der Waals surface area contributed by atoms with Gasteiger partial charge in [-0.15, -0.1) is 0 Å². The lowest BCUT2D eigenvalue weighted by molar-refractivity contribution is 0.782. The molecule has 2 nitrogen and oxygen atoms in total. The maximum Gasteiger partial charge on any atom is 0.0923 e. The first-order valence-electron chi connectivity index (χ1n) is 4.80. The molecule has 0 saturated carbocycles. The lowest BCUT2D eigenvalue weighted by Gasteiger charge is -2.03. The highest BCUT2D eigenvalue weighted by Crippen LogP contribution is 2.13. The average molecular weight is 188 g/mol. The summed E-state index contributed by atoms with van der Waals surface area (Å²) in [6.07, 6.45) is 3.87. The van der Waals surface area contributed by atoms with Gasteiger partial charge in [0.05, 0.1) is 11.4 Å². The zero-order valence-corrected chi connectivity index (χ0v) is 8.99. The second-order valence-electron chi connectivity index (χ2n) is 3.52. The Kier molecular flexibility index (Phi) is 3.57. The first-order valence-corrected chi connectivity index (χ1v) is 4.80. The van der Waals surface area contributed by atoms with Gasteiger partial charge in [-0.1, -0.05) is 32.6 Å². The summed E-state index contributed by atoms with van der Waals surface area (Å²) in [6.45, 7) is 10.1. The minimum absolute atomic E-state index is 0.423. The van der Waals surface area contributed by atoms with Crippen LogP contribution in [-0.4, -0.2) is 10.2 Å². The van der Waals surface area contributed by atoms with E-state index in [-0.39, 0.29) is 0 Å². The van der Waals surface area contributed by atoms with Gasteiger partial charge in [0.25, 0.3) is 0 Å². The van der Waals surface area contributed by atoms with Gasteiger partial charge >= 0.3 is 0 Å². The summed E-state index contributed by atoms with van der Waals surface area (Å²) in [6, 6.07) is 3.96. The van der Waals surface area contributed by atoms with Gasteiger partial charge < -0.3 is 0 Å². The maximum absolute atomic E-state index is 4.14. The molecule has 0 aliphatic carbocycles. The van der Waals surface area contributed by atoms with Crippen molar-refractivity contribution in [1.82, 2.24) is 10.2 Å². The molecule has 1 rings (SSSR count). The second kappa shape index (κ2) is 4.70. The van der Waals surface area contributed by atoms with E-state index in [0.717, 1.165) is 17.0 Å². The van der Waals surface area contributed by atoms with Crippen molar-refractivity contribution in [2.75, 3.05) is 0 Å². The van der Waals surface area contributed by atoms with Crippen LogP contribution in [0.4, 0.5) is 0 Å². The third-order valence-corrected chi connectivity index (χ3v) is 1.97. The Bertz CT molecular complexity index is 334. The zero-order valence-electron chi connectivity index (χ0n) is 8.99. The van der Waals surface area contributed by atoms with E-state index in [1.54, 1.807) is 0 Å². The summed E-state index contributed by atoms with van der Waals surface area (Å²) in [5.74, 6) is 0.423. The predicted octanol–water partition coefficient (Wildman–Crippen LogP) is 3.19. The number of nitrogens with zero attached hydrogens (tertiary/aromatic N) is 2. The number of hydrogen-bond donors (Lipinski definition) is 0. The minimum Gasteiger partial charge on any atom is -0.155 e. The molecule has 14 heavy (non-hydrogen) atoms. The summed E-state index contributed by atoms with van der Waals surface area (Å²) in [5.41, 5.74) is 2.75. The smallest absolute Gasteiger partial charge is 0.0923 e. The molecule has 0 spiro atoms. The van der Waals surface area contributed by atoms with Crippen molar-refractivity contribution in [2.24, 2.45) is 0 Å². The van der Waals surface area contributed by atoms with Crippen LogP contribution in [0, 0.1) is 0 Å². The summed E-state index contributed by atoms with van der Waals surface area (Å²) in [5, 5.41) is 8.25. The van der Waals surface area contributed by atoms with Crippen molar-refractivity contribution in [3.63, 3.8) is 0 Å². The highest BCUT2D eigenvalue weighted by molar-refractivity contribution is 5.68. The van der Waals surface area contributed by atoms with Gasteiger partial charge in [0.2, 0.25) is 0 Å². The molecule has 0 atom stereocenters. The summed E-state index contributed by atoms with van der Waals surface area (Å²) < 4.78 is 0. The van der Waals surface area contributed by atoms with E-state index in [9.17, 15) is 0 Å². The molecule has 0 aromatic carbocycles. The van der Waals surface area contributed by atoms with Crippen LogP contribution in [0.2, 0.25) is 0 Å². The largest absolute Gasteiger partial charge is 0.155 e. The molecule has 0 aliphatic rings. The number of aromatic nitrogens is 2. The van der Waals surface area contributed by atoms with Crippen molar-refractivity contribution < 1.29 is 0 Å². The Balaban J connectivity index is 2.88. The van der Waals surface area contributed by atoms with Crippen LogP contribution >= 0.6 is 0 Å². The molecule has 0 fully saturated rings. The van der Waals surface area contributed by atoms with Gasteiger partial charge in [-0.3, -0.25) is 0 Å². The van der Waals surface area contributed by atoms with Crippen molar-refractivity contribution in [1.29, 1.82) is 0 Å². The van der Waals surface area contributed by atoms with Crippen LogP contribution in [0.15, 0.2) is 30.9 Å². The molecule has 0 bridgehead atoms. The molecular formula is C12H16N2. The quantitative estimate of drug-likeness (QED) is 0.681. The molecule has 0 radical (unpaired) electrons. The van der Waals surface area contributed by atoms with E-state index in [1.807, 2.05) is 31.2 Å². The van der Waals surface area contributed by atoms with E-state index in [4.69, 9.17) is 0 Å². The first-order chi connectivity index (χ1) is 6.65. The molecule has 0 aliphatic heterocycles. The van der Waals surface area contributed by atoms with Crippen LogP contribution in [-0.2, 0) is 0 Å². The SMILES string of the molecule is C=C(/C=C\C)c1ccc(C(C)C)nn1. The van der Waals surface area contributed by atoms with Gasteiger partial charge in [0.1, 0.15) is 0 Å². The standard InChI is InChI=1S/C12H16N2/c1-5-6-10(4)12-8-7-11(9(2)3)13-14-12/h5-9H,4H2,1-3H3/b6-5-. The van der Waals surface area contributed by atoms with Gasteiger partial charge in [-0.2, -0.15) is 10.2 Å². The van der Waals surface area contributed by atoms with Gasteiger partial charge in [-0.05, 0) is 30.5 Å². The molecular weight excluding hydrogens is 172 g/mol. The van der Waals surface area contributed by atoms with Crippen LogP contribution in [0.5, 0.6) is 0 Å². The lowest BCUT2D eigenvalue weighted by atomic mass is 10.1. The summed E-state index contributed by atoms with van der Waals surface area (Å²) in [4.78, 5) is 0. The highest BCUT2D eigenvalue weighted by Gasteiger charge is 2.02. The average Bonchev–Trinajstić information content (AvgIpc) is 2.18. The Hall–Kier alpha value is -1.44. The summed E-state index contributed by atoms with van der Waals surface area (Å²) in [7, 11) is 0. The van der Waals surface area contributed by atoms with Gasteiger partial charge in [0, 0.05) is 0 Å². The minimum atomic E-state index is 0.423. The molecule has 74 valence electrons. The van der Waals surface area contributed by atoms with E-state index in [0.29, 0.717) is 5.92 Å². The fourth-order valence-corrected chi connectivity index (χ4v) is 1.11. The lowest BCUT2D eigenvalue weighted by Crippen LogP contribution is -1.97. The Morgan fingerprint density at radius 2 is 2.07 bits per heavy atom. The molecule has 1 aromatic heterocycles. The third kappa shape index (κ3) is 2.52. The van der Waals surface area contributed by atoms with Crippen LogP contribution in [0.3, 0.4) is 0 Å². The van der Waals surface area contributed by atoms with Crippen molar-refractivity contribution in [3.05, 3.63) is 42.3 Å². The Labute approximate surface area is 85.4 Å². The maximum atomic E-state index is 4.14. The Morgan fingerprint density at radius 3 is 2.50 bits per heavy atom. The third-order valence-electron chi connectivity index (χ3n) is 1.97. The number of hydrogen-bond acceptors (Lipinski definition) is 2. The number of rotatable bonds is 3. The van der Waals surface area contributed by atoms with E-state index < -0.39 is 0 Å². The predicted molar refractivity (Wildman–Crippen MR) is 60.0 cm³/mol. The van der Waals surface area contributed by atoms with E-state index >= 15 is 0 Å². The molecule has 1 aromatic rings. The van der Waals surface area contributed by atoms with E-state index in [1.165, 1.54) is 0 Å². The monoisotopic (exact) mass is 188 g/mol. The molecule has 0 amide bonds.